The van der Waals surface area contributed by atoms with Crippen LogP contribution in [0.4, 0.5) is 10.5 Å². The Bertz CT molecular complexity index is 818. The van der Waals surface area contributed by atoms with E-state index in [1.165, 1.54) is 0 Å². The zero-order chi connectivity index (χ0) is 16.8. The number of aliphatic hydroxyl groups is 1. The lowest BCUT2D eigenvalue weighted by Crippen LogP contribution is -2.33. The molecule has 0 saturated carbocycles. The third-order valence-electron chi connectivity index (χ3n) is 3.93. The molecule has 24 heavy (non-hydrogen) atoms. The molecule has 0 aromatic heterocycles. The van der Waals surface area contributed by atoms with Gasteiger partial charge >= 0.3 is 6.03 Å². The molecule has 3 aromatic rings. The Morgan fingerprint density at radius 3 is 2.38 bits per heavy atom. The van der Waals surface area contributed by atoms with Gasteiger partial charge in [0.15, 0.2) is 0 Å². The van der Waals surface area contributed by atoms with E-state index < -0.39 is 0 Å². The lowest BCUT2D eigenvalue weighted by molar-refractivity contribution is 0.239. The van der Waals surface area contributed by atoms with E-state index in [-0.39, 0.29) is 18.7 Å². The van der Waals surface area contributed by atoms with Gasteiger partial charge in [-0.25, -0.2) is 4.79 Å². The number of urea groups is 1. The fourth-order valence-corrected chi connectivity index (χ4v) is 2.73. The van der Waals surface area contributed by atoms with Crippen LogP contribution < -0.4 is 10.6 Å². The summed E-state index contributed by atoms with van der Waals surface area (Å²) in [7, 11) is 0. The summed E-state index contributed by atoms with van der Waals surface area (Å²) in [6, 6.07) is 22.9. The minimum Gasteiger partial charge on any atom is -0.396 e. The van der Waals surface area contributed by atoms with Crippen LogP contribution in [0.3, 0.4) is 0 Å². The van der Waals surface area contributed by atoms with Crippen LogP contribution in [0.2, 0.25) is 0 Å². The molecule has 0 fully saturated rings. The van der Waals surface area contributed by atoms with E-state index in [0.717, 1.165) is 22.0 Å². The molecule has 0 saturated heterocycles. The molecular formula is C20H20N2O2. The molecule has 0 bridgehead atoms. The highest BCUT2D eigenvalue weighted by Gasteiger charge is 2.14. The van der Waals surface area contributed by atoms with Crippen LogP contribution in [-0.4, -0.2) is 17.7 Å². The van der Waals surface area contributed by atoms with Crippen molar-refractivity contribution in [2.75, 3.05) is 11.9 Å². The number of carbonyl (C=O) groups excluding carboxylic acids is 1. The molecule has 2 amide bonds. The third kappa shape index (κ3) is 3.91. The monoisotopic (exact) mass is 320 g/mol. The highest BCUT2D eigenvalue weighted by molar-refractivity contribution is 5.93. The van der Waals surface area contributed by atoms with Crippen molar-refractivity contribution < 1.29 is 9.90 Å². The lowest BCUT2D eigenvalue weighted by Gasteiger charge is -2.19. The van der Waals surface area contributed by atoms with E-state index in [1.54, 1.807) is 0 Å². The van der Waals surface area contributed by atoms with Crippen LogP contribution in [0.1, 0.15) is 18.0 Å². The third-order valence-corrected chi connectivity index (χ3v) is 3.93. The van der Waals surface area contributed by atoms with Gasteiger partial charge < -0.3 is 15.7 Å². The maximum atomic E-state index is 12.3. The van der Waals surface area contributed by atoms with Crippen LogP contribution in [0.5, 0.6) is 0 Å². The molecule has 3 rings (SSSR count). The van der Waals surface area contributed by atoms with Gasteiger partial charge in [0.05, 0.1) is 6.04 Å². The van der Waals surface area contributed by atoms with Gasteiger partial charge in [0.2, 0.25) is 0 Å². The van der Waals surface area contributed by atoms with Crippen molar-refractivity contribution in [2.24, 2.45) is 0 Å². The number of carbonyl (C=O) groups is 1. The smallest absolute Gasteiger partial charge is 0.319 e. The summed E-state index contributed by atoms with van der Waals surface area (Å²) in [6.45, 7) is 0.00974. The molecule has 0 heterocycles. The number of nitrogens with one attached hydrogen (secondary N) is 2. The van der Waals surface area contributed by atoms with Crippen LogP contribution in [0, 0.1) is 0 Å². The van der Waals surface area contributed by atoms with Crippen molar-refractivity contribution >= 4 is 22.5 Å². The first kappa shape index (κ1) is 16.0. The summed E-state index contributed by atoms with van der Waals surface area (Å²) < 4.78 is 0. The Labute approximate surface area is 141 Å². The number of hydrogen-bond acceptors (Lipinski definition) is 2. The van der Waals surface area contributed by atoms with E-state index in [0.29, 0.717) is 6.42 Å². The summed E-state index contributed by atoms with van der Waals surface area (Å²) in [4.78, 5) is 12.3. The maximum Gasteiger partial charge on any atom is 0.319 e. The Kier molecular flexibility index (Phi) is 5.08. The second-order valence-electron chi connectivity index (χ2n) is 5.64. The van der Waals surface area contributed by atoms with Crippen LogP contribution in [-0.2, 0) is 0 Å². The van der Waals surface area contributed by atoms with E-state index >= 15 is 0 Å². The van der Waals surface area contributed by atoms with Crippen molar-refractivity contribution in [1.29, 1.82) is 0 Å². The SMILES string of the molecule is O=C(Nc1ccc2ccccc2c1)N[C@H](CCO)c1ccccc1. The molecule has 0 aliphatic rings. The Hall–Kier alpha value is -2.85. The lowest BCUT2D eigenvalue weighted by atomic mass is 10.0. The zero-order valence-corrected chi connectivity index (χ0v) is 13.3. The van der Waals surface area contributed by atoms with Crippen LogP contribution in [0.15, 0.2) is 72.8 Å². The highest BCUT2D eigenvalue weighted by atomic mass is 16.3. The topological polar surface area (TPSA) is 61.4 Å². The predicted octanol–water partition coefficient (Wildman–Crippen LogP) is 4.09. The number of benzene rings is 3. The number of anilines is 1. The number of rotatable bonds is 5. The molecule has 3 N–H and O–H groups in total. The average molecular weight is 320 g/mol. The van der Waals surface area contributed by atoms with Gasteiger partial charge in [0.1, 0.15) is 0 Å². The van der Waals surface area contributed by atoms with Gasteiger partial charge in [0, 0.05) is 12.3 Å². The first-order valence-corrected chi connectivity index (χ1v) is 7.98. The summed E-state index contributed by atoms with van der Waals surface area (Å²) in [5.74, 6) is 0. The molecule has 4 heteroatoms. The molecule has 0 unspecified atom stereocenters. The molecule has 3 aromatic carbocycles. The number of fused-ring (bicyclic) bond motifs is 1. The predicted molar refractivity (Wildman–Crippen MR) is 97.0 cm³/mol. The van der Waals surface area contributed by atoms with Crippen molar-refractivity contribution in [1.82, 2.24) is 5.32 Å². The van der Waals surface area contributed by atoms with Gasteiger partial charge in [-0.3, -0.25) is 0 Å². The van der Waals surface area contributed by atoms with Gasteiger partial charge in [-0.1, -0.05) is 60.7 Å². The van der Waals surface area contributed by atoms with E-state index in [9.17, 15) is 9.90 Å². The second-order valence-corrected chi connectivity index (χ2v) is 5.64. The first-order valence-electron chi connectivity index (χ1n) is 7.98. The van der Waals surface area contributed by atoms with Crippen molar-refractivity contribution in [3.63, 3.8) is 0 Å². The Morgan fingerprint density at radius 1 is 0.917 bits per heavy atom. The minimum absolute atomic E-state index is 0.00974. The first-order chi connectivity index (χ1) is 11.8. The molecule has 1 atom stereocenters. The quantitative estimate of drug-likeness (QED) is 0.663. The molecule has 4 nitrogen and oxygen atoms in total. The van der Waals surface area contributed by atoms with Crippen LogP contribution in [0.25, 0.3) is 10.8 Å². The normalized spacial score (nSPS) is 11.9. The fourth-order valence-electron chi connectivity index (χ4n) is 2.73. The number of hydrogen-bond donors (Lipinski definition) is 3. The average Bonchev–Trinajstić information content (AvgIpc) is 2.62. The second kappa shape index (κ2) is 7.62. The number of amides is 2. The van der Waals surface area contributed by atoms with Gasteiger partial charge in [-0.15, -0.1) is 0 Å². The standard InChI is InChI=1S/C20H20N2O2/c23-13-12-19(16-7-2-1-3-8-16)22-20(24)21-18-11-10-15-6-4-5-9-17(15)14-18/h1-11,14,19,23H,12-13H2,(H2,21,22,24)/t19-/m1/s1. The number of aliphatic hydroxyl groups excluding tert-OH is 1. The molecular weight excluding hydrogens is 300 g/mol. The minimum atomic E-state index is -0.285. The maximum absolute atomic E-state index is 12.3. The molecule has 122 valence electrons. The van der Waals surface area contributed by atoms with Crippen molar-refractivity contribution in [3.8, 4) is 0 Å². The Balaban J connectivity index is 1.70. The summed E-state index contributed by atoms with van der Waals surface area (Å²) in [5.41, 5.74) is 1.71. The zero-order valence-electron chi connectivity index (χ0n) is 13.3. The largest absolute Gasteiger partial charge is 0.396 e. The van der Waals surface area contributed by atoms with Gasteiger partial charge in [-0.05, 0) is 34.9 Å². The molecule has 0 aliphatic heterocycles. The van der Waals surface area contributed by atoms with E-state index in [1.807, 2.05) is 72.8 Å². The van der Waals surface area contributed by atoms with Crippen molar-refractivity contribution in [2.45, 2.75) is 12.5 Å². The molecule has 0 radical (unpaired) electrons. The molecule has 0 spiro atoms. The highest BCUT2D eigenvalue weighted by Crippen LogP contribution is 2.20. The summed E-state index contributed by atoms with van der Waals surface area (Å²) >= 11 is 0. The van der Waals surface area contributed by atoms with Crippen molar-refractivity contribution in [3.05, 3.63) is 78.4 Å². The van der Waals surface area contributed by atoms with Gasteiger partial charge in [0.25, 0.3) is 0 Å². The van der Waals surface area contributed by atoms with E-state index in [2.05, 4.69) is 10.6 Å². The fraction of sp³-hybridized carbons (Fsp3) is 0.150. The van der Waals surface area contributed by atoms with Gasteiger partial charge in [-0.2, -0.15) is 0 Å². The molecule has 0 aliphatic carbocycles. The Morgan fingerprint density at radius 2 is 1.62 bits per heavy atom. The summed E-state index contributed by atoms with van der Waals surface area (Å²) in [6.07, 6.45) is 0.467. The van der Waals surface area contributed by atoms with E-state index in [4.69, 9.17) is 0 Å². The van der Waals surface area contributed by atoms with Crippen LogP contribution >= 0.6 is 0 Å². The summed E-state index contributed by atoms with van der Waals surface area (Å²) in [5, 5.41) is 17.2.